The Hall–Kier alpha value is -5.43. The van der Waals surface area contributed by atoms with E-state index in [9.17, 15) is 13.2 Å². The zero-order valence-electron chi connectivity index (χ0n) is 27.0. The largest absolute Gasteiger partial charge is 0.492 e. The maximum Gasteiger partial charge on any atom is 0.326 e. The summed E-state index contributed by atoms with van der Waals surface area (Å²) >= 11 is 0. The van der Waals surface area contributed by atoms with Crippen LogP contribution in [-0.2, 0) is 15.4 Å². The Bertz CT molecular complexity index is 2020. The molecule has 0 spiro atoms. The molecule has 0 saturated heterocycles. The molecular formula is C34H37N7O5S. The van der Waals surface area contributed by atoms with Crippen molar-refractivity contribution in [2.24, 2.45) is 0 Å². The number of anilines is 4. The average Bonchev–Trinajstić information content (AvgIpc) is 3.01. The number of carbonyl (C=O) groups excluding carboxylic acids is 1. The van der Waals surface area contributed by atoms with Gasteiger partial charge in [0.2, 0.25) is 16.0 Å². The molecule has 47 heavy (non-hydrogen) atoms. The van der Waals surface area contributed by atoms with Crippen molar-refractivity contribution in [1.82, 2.24) is 15.0 Å². The minimum atomic E-state index is -3.62. The molecule has 0 aliphatic rings. The summed E-state index contributed by atoms with van der Waals surface area (Å²) < 4.78 is 38.3. The fourth-order valence-corrected chi connectivity index (χ4v) is 5.46. The molecule has 0 aliphatic heterocycles. The Kier molecular flexibility index (Phi) is 9.47. The fraction of sp³-hybridized carbons (Fsp3) is 0.235. The lowest BCUT2D eigenvalue weighted by Crippen LogP contribution is -2.22. The molecule has 4 N–H and O–H groups in total. The quantitative estimate of drug-likeness (QED) is 0.121. The number of hydrogen-bond donors (Lipinski definition) is 4. The highest BCUT2D eigenvalue weighted by molar-refractivity contribution is 7.92. The third-order valence-corrected chi connectivity index (χ3v) is 7.82. The van der Waals surface area contributed by atoms with Crippen molar-refractivity contribution in [1.29, 1.82) is 0 Å². The smallest absolute Gasteiger partial charge is 0.326 e. The van der Waals surface area contributed by atoms with E-state index in [4.69, 9.17) is 9.47 Å². The van der Waals surface area contributed by atoms with E-state index in [0.29, 0.717) is 33.8 Å². The molecule has 5 rings (SSSR count). The van der Waals surface area contributed by atoms with Crippen LogP contribution in [-0.4, -0.2) is 42.8 Å². The van der Waals surface area contributed by atoms with Crippen LogP contribution in [0.3, 0.4) is 0 Å². The molecule has 1 aromatic heterocycles. The van der Waals surface area contributed by atoms with Gasteiger partial charge in [0.1, 0.15) is 12.1 Å². The van der Waals surface area contributed by atoms with Gasteiger partial charge < -0.3 is 25.4 Å². The van der Waals surface area contributed by atoms with Gasteiger partial charge in [0.05, 0.1) is 36.5 Å². The van der Waals surface area contributed by atoms with E-state index in [1.807, 2.05) is 82.3 Å². The van der Waals surface area contributed by atoms with Crippen LogP contribution in [0.5, 0.6) is 17.5 Å². The van der Waals surface area contributed by atoms with Crippen molar-refractivity contribution in [2.75, 3.05) is 34.0 Å². The topological polar surface area (TPSA) is 156 Å². The van der Waals surface area contributed by atoms with E-state index in [0.717, 1.165) is 17.4 Å². The number of amides is 2. The van der Waals surface area contributed by atoms with Gasteiger partial charge in [-0.3, -0.25) is 4.72 Å². The summed E-state index contributed by atoms with van der Waals surface area (Å²) in [5, 5.41) is 10.4. The number of ether oxygens (including phenoxy) is 2. The second-order valence-corrected chi connectivity index (χ2v) is 13.7. The minimum Gasteiger partial charge on any atom is -0.492 e. The van der Waals surface area contributed by atoms with Gasteiger partial charge in [-0.2, -0.15) is 9.97 Å². The van der Waals surface area contributed by atoms with Gasteiger partial charge in [-0.05, 0) is 47.7 Å². The highest BCUT2D eigenvalue weighted by Crippen LogP contribution is 2.39. The number of sulfonamides is 1. The molecule has 244 valence electrons. The third kappa shape index (κ3) is 8.24. The first-order valence-corrected chi connectivity index (χ1v) is 16.7. The number of rotatable bonds is 10. The molecule has 1 heterocycles. The maximum atomic E-state index is 13.4. The molecule has 2 amide bonds. The van der Waals surface area contributed by atoms with E-state index in [2.05, 4.69) is 35.6 Å². The SMILES string of the molecule is COc1c(NC(=O)Nc2ccc(Oc3ncnc(N[C@@H](C)c4ccccc4)n3)c3ccccc23)cc(C(C)(C)C)cc1NS(C)(=O)=O. The molecule has 0 unspecified atom stereocenters. The normalized spacial score (nSPS) is 12.2. The third-order valence-electron chi connectivity index (χ3n) is 7.23. The van der Waals surface area contributed by atoms with Crippen LogP contribution in [0.25, 0.3) is 10.8 Å². The lowest BCUT2D eigenvalue weighted by atomic mass is 9.86. The first-order valence-electron chi connectivity index (χ1n) is 14.8. The van der Waals surface area contributed by atoms with Crippen molar-refractivity contribution in [3.63, 3.8) is 0 Å². The van der Waals surface area contributed by atoms with Gasteiger partial charge >= 0.3 is 12.0 Å². The maximum absolute atomic E-state index is 13.4. The number of aromatic nitrogens is 3. The fourth-order valence-electron chi connectivity index (χ4n) is 4.91. The van der Waals surface area contributed by atoms with Crippen LogP contribution in [0.15, 0.2) is 85.2 Å². The van der Waals surface area contributed by atoms with E-state index in [1.54, 1.807) is 24.3 Å². The van der Waals surface area contributed by atoms with E-state index >= 15 is 0 Å². The standard InChI is InChI=1S/C34H37N7O5S/c1-21(22-12-8-7-9-13-22)37-31-35-20-36-33(40-31)46-29-17-16-26(24-14-10-11-15-25(24)29)38-32(42)39-27-18-23(34(2,3)4)19-28(30(27)45-5)41-47(6,43)44/h7-21,41H,1-6H3,(H2,38,39,42)(H,35,36,37,40)/t21-/m0/s1. The summed E-state index contributed by atoms with van der Waals surface area (Å²) in [6, 6.07) is 23.8. The zero-order valence-corrected chi connectivity index (χ0v) is 27.8. The molecule has 0 fully saturated rings. The lowest BCUT2D eigenvalue weighted by molar-refractivity contribution is 0.262. The van der Waals surface area contributed by atoms with Crippen molar-refractivity contribution < 1.29 is 22.7 Å². The number of fused-ring (bicyclic) bond motifs is 1. The average molecular weight is 656 g/mol. The summed E-state index contributed by atoms with van der Waals surface area (Å²) in [5.41, 5.74) is 2.55. The van der Waals surface area contributed by atoms with Gasteiger partial charge in [-0.1, -0.05) is 75.4 Å². The lowest BCUT2D eigenvalue weighted by Gasteiger charge is -2.24. The van der Waals surface area contributed by atoms with Gasteiger partial charge in [-0.25, -0.2) is 18.2 Å². The Morgan fingerprint density at radius 2 is 1.51 bits per heavy atom. The Morgan fingerprint density at radius 3 is 2.19 bits per heavy atom. The molecule has 0 radical (unpaired) electrons. The van der Waals surface area contributed by atoms with Crippen LogP contribution in [0.2, 0.25) is 0 Å². The summed E-state index contributed by atoms with van der Waals surface area (Å²) in [6.07, 6.45) is 2.43. The summed E-state index contributed by atoms with van der Waals surface area (Å²) in [4.78, 5) is 26.2. The molecular weight excluding hydrogens is 618 g/mol. The molecule has 13 heteroatoms. The number of benzene rings is 4. The monoisotopic (exact) mass is 655 g/mol. The molecule has 0 saturated carbocycles. The van der Waals surface area contributed by atoms with E-state index < -0.39 is 16.1 Å². The number of nitrogens with one attached hydrogen (secondary N) is 4. The predicted octanol–water partition coefficient (Wildman–Crippen LogP) is 7.31. The van der Waals surface area contributed by atoms with Crippen molar-refractivity contribution in [3.8, 4) is 17.5 Å². The molecule has 12 nitrogen and oxygen atoms in total. The molecule has 5 aromatic rings. The van der Waals surface area contributed by atoms with Crippen LogP contribution in [0, 0.1) is 0 Å². The highest BCUT2D eigenvalue weighted by atomic mass is 32.2. The molecule has 4 aromatic carbocycles. The van der Waals surface area contributed by atoms with Gasteiger partial charge in [-0.15, -0.1) is 0 Å². The van der Waals surface area contributed by atoms with Crippen LogP contribution < -0.4 is 30.1 Å². The number of carbonyl (C=O) groups is 1. The summed E-state index contributed by atoms with van der Waals surface area (Å²) in [6.45, 7) is 7.96. The van der Waals surface area contributed by atoms with Crippen molar-refractivity contribution >= 4 is 49.8 Å². The molecule has 0 bridgehead atoms. The van der Waals surface area contributed by atoms with Crippen LogP contribution in [0.4, 0.5) is 27.8 Å². The summed E-state index contributed by atoms with van der Waals surface area (Å²) in [7, 11) is -2.22. The Morgan fingerprint density at radius 1 is 0.851 bits per heavy atom. The summed E-state index contributed by atoms with van der Waals surface area (Å²) in [5.74, 6) is 1.03. The zero-order chi connectivity index (χ0) is 33.8. The highest BCUT2D eigenvalue weighted by Gasteiger charge is 2.22. The first-order chi connectivity index (χ1) is 22.3. The van der Waals surface area contributed by atoms with Gasteiger partial charge in [0.25, 0.3) is 0 Å². The van der Waals surface area contributed by atoms with E-state index in [-0.39, 0.29) is 28.9 Å². The van der Waals surface area contributed by atoms with Crippen molar-refractivity contribution in [2.45, 2.75) is 39.2 Å². The first kappa shape index (κ1) is 32.9. The Labute approximate surface area is 274 Å². The van der Waals surface area contributed by atoms with Gasteiger partial charge in [0, 0.05) is 10.8 Å². The Balaban J connectivity index is 1.38. The van der Waals surface area contributed by atoms with Gasteiger partial charge in [0.15, 0.2) is 5.75 Å². The van der Waals surface area contributed by atoms with Crippen molar-refractivity contribution in [3.05, 3.63) is 96.3 Å². The number of nitrogens with zero attached hydrogens (tertiary/aromatic N) is 3. The van der Waals surface area contributed by atoms with Crippen LogP contribution >= 0.6 is 0 Å². The van der Waals surface area contributed by atoms with E-state index in [1.165, 1.54) is 13.4 Å². The molecule has 0 aliphatic carbocycles. The second kappa shape index (κ2) is 13.5. The number of methoxy groups -OCH3 is 1. The molecule has 1 atom stereocenters. The number of hydrogen-bond acceptors (Lipinski definition) is 9. The number of urea groups is 1. The van der Waals surface area contributed by atoms with Crippen LogP contribution in [0.1, 0.15) is 44.9 Å². The second-order valence-electron chi connectivity index (χ2n) is 11.9. The minimum absolute atomic E-state index is 0.0396. The predicted molar refractivity (Wildman–Crippen MR) is 185 cm³/mol.